The molecule has 3 aromatic rings. The molecule has 128 valence electrons. The van der Waals surface area contributed by atoms with E-state index in [1.54, 1.807) is 31.4 Å². The van der Waals surface area contributed by atoms with E-state index in [9.17, 15) is 5.21 Å². The molecule has 0 bridgehead atoms. The first-order chi connectivity index (χ1) is 12.0. The van der Waals surface area contributed by atoms with Crippen LogP contribution in [0.2, 0.25) is 5.02 Å². The largest absolute Gasteiger partial charge is 0.497 e. The Kier molecular flexibility index (Phi) is 4.67. The minimum absolute atomic E-state index is 0.186. The molecule has 0 saturated carbocycles. The molecule has 2 aromatic carbocycles. The number of rotatable bonds is 3. The van der Waals surface area contributed by atoms with Crippen LogP contribution in [0.4, 0.5) is 0 Å². The summed E-state index contributed by atoms with van der Waals surface area (Å²) in [6, 6.07) is 10.8. The smallest absolute Gasteiger partial charge is 0.222 e. The van der Waals surface area contributed by atoms with Crippen LogP contribution in [0.3, 0.4) is 0 Å². The van der Waals surface area contributed by atoms with Crippen molar-refractivity contribution in [2.45, 2.75) is 13.8 Å². The second-order valence-corrected chi connectivity index (χ2v) is 5.91. The minimum atomic E-state index is 0.186. The van der Waals surface area contributed by atoms with E-state index in [-0.39, 0.29) is 5.84 Å². The Bertz CT molecular complexity index is 911. The molecule has 1 heterocycles. The van der Waals surface area contributed by atoms with Crippen molar-refractivity contribution in [3.05, 3.63) is 58.1 Å². The van der Waals surface area contributed by atoms with E-state index in [4.69, 9.17) is 16.3 Å². The van der Waals surface area contributed by atoms with Crippen LogP contribution in [-0.4, -0.2) is 38.4 Å². The van der Waals surface area contributed by atoms with Crippen LogP contribution in [0, 0.1) is 13.8 Å². The first kappa shape index (κ1) is 16.9. The molecule has 1 N–H and O–H groups in total. The van der Waals surface area contributed by atoms with Gasteiger partial charge >= 0.3 is 0 Å². The van der Waals surface area contributed by atoms with Crippen molar-refractivity contribution >= 4 is 17.4 Å². The van der Waals surface area contributed by atoms with Gasteiger partial charge in [0.15, 0.2) is 0 Å². The Balaban J connectivity index is 2.02. The van der Waals surface area contributed by atoms with Crippen LogP contribution in [0.5, 0.6) is 5.75 Å². The van der Waals surface area contributed by atoms with E-state index >= 15 is 0 Å². The van der Waals surface area contributed by atoms with Crippen molar-refractivity contribution in [3.63, 3.8) is 0 Å². The second kappa shape index (κ2) is 6.90. The number of ether oxygens (including phenoxy) is 1. The lowest BCUT2D eigenvalue weighted by molar-refractivity contribution is 0.315. The van der Waals surface area contributed by atoms with Gasteiger partial charge in [-0.2, -0.15) is 0 Å². The van der Waals surface area contributed by atoms with Crippen molar-refractivity contribution in [1.29, 1.82) is 0 Å². The van der Waals surface area contributed by atoms with E-state index in [2.05, 4.69) is 20.6 Å². The van der Waals surface area contributed by atoms with Crippen molar-refractivity contribution in [2.75, 3.05) is 7.11 Å². The highest BCUT2D eigenvalue weighted by molar-refractivity contribution is 6.30. The highest BCUT2D eigenvalue weighted by atomic mass is 35.5. The fourth-order valence-corrected chi connectivity index (χ4v) is 2.73. The van der Waals surface area contributed by atoms with Gasteiger partial charge in [-0.05, 0) is 66.6 Å². The molecule has 8 heteroatoms. The quantitative estimate of drug-likeness (QED) is 0.336. The number of hydrogen-bond acceptors (Lipinski definition) is 6. The summed E-state index contributed by atoms with van der Waals surface area (Å²) in [6.45, 7) is 3.79. The number of tetrazole rings is 1. The van der Waals surface area contributed by atoms with Gasteiger partial charge in [0, 0.05) is 16.1 Å². The maximum absolute atomic E-state index is 9.54. The topological polar surface area (TPSA) is 85.4 Å². The fraction of sp³-hybridized carbons (Fsp3) is 0.176. The van der Waals surface area contributed by atoms with E-state index in [1.807, 2.05) is 26.0 Å². The second-order valence-electron chi connectivity index (χ2n) is 5.47. The molecule has 0 aliphatic heterocycles. The molecule has 0 aliphatic carbocycles. The predicted molar refractivity (Wildman–Crippen MR) is 94.5 cm³/mol. The third-order valence-electron chi connectivity index (χ3n) is 3.77. The molecule has 0 saturated heterocycles. The molecule has 25 heavy (non-hydrogen) atoms. The molecular formula is C17H16ClN5O2. The summed E-state index contributed by atoms with van der Waals surface area (Å²) in [6.07, 6.45) is 0. The summed E-state index contributed by atoms with van der Waals surface area (Å²) in [5.41, 5.74) is 3.21. The number of methoxy groups -OCH3 is 1. The van der Waals surface area contributed by atoms with Gasteiger partial charge in [-0.25, -0.2) is 0 Å². The summed E-state index contributed by atoms with van der Waals surface area (Å²) in [4.78, 5) is 1.20. The highest BCUT2D eigenvalue weighted by Crippen LogP contribution is 2.23. The van der Waals surface area contributed by atoms with Gasteiger partial charge in [0.25, 0.3) is 0 Å². The summed E-state index contributed by atoms with van der Waals surface area (Å²) < 4.78 is 5.26. The van der Waals surface area contributed by atoms with Gasteiger partial charge in [-0.1, -0.05) is 16.8 Å². The minimum Gasteiger partial charge on any atom is -0.497 e. The number of aromatic nitrogens is 4. The van der Waals surface area contributed by atoms with Gasteiger partial charge in [-0.15, -0.1) is 15.0 Å². The maximum atomic E-state index is 9.54. The third kappa shape index (κ3) is 3.32. The third-order valence-corrected chi connectivity index (χ3v) is 4.02. The van der Waals surface area contributed by atoms with Crippen LogP contribution in [-0.2, 0) is 0 Å². The molecule has 0 amide bonds. The Morgan fingerprint density at radius 1 is 1.16 bits per heavy atom. The summed E-state index contributed by atoms with van der Waals surface area (Å²) in [5.74, 6) is 1.32. The predicted octanol–water partition coefficient (Wildman–Crippen LogP) is 3.30. The maximum Gasteiger partial charge on any atom is 0.222 e. The highest BCUT2D eigenvalue weighted by Gasteiger charge is 2.18. The monoisotopic (exact) mass is 357 g/mol. The van der Waals surface area contributed by atoms with E-state index < -0.39 is 0 Å². The van der Waals surface area contributed by atoms with E-state index in [0.29, 0.717) is 16.4 Å². The average Bonchev–Trinajstić information content (AvgIpc) is 3.08. The zero-order valence-corrected chi connectivity index (χ0v) is 14.7. The molecule has 0 atom stereocenters. The lowest BCUT2D eigenvalue weighted by Gasteiger charge is -2.12. The Hall–Kier alpha value is -2.93. The molecular weight excluding hydrogens is 342 g/mol. The van der Waals surface area contributed by atoms with Crippen molar-refractivity contribution in [2.24, 2.45) is 5.16 Å². The van der Waals surface area contributed by atoms with Crippen molar-refractivity contribution in [1.82, 2.24) is 20.2 Å². The molecule has 0 radical (unpaired) electrons. The van der Waals surface area contributed by atoms with Crippen LogP contribution < -0.4 is 4.74 Å². The average molecular weight is 358 g/mol. The standard InChI is InChI=1S/C17H16ClN5O2/c1-10-8-14(25-3)9-11(2)15(10)17(21-24)23-20-16(19-22-23)12-4-6-13(18)7-5-12/h4-9,24H,1-3H3/b21-17+. The number of halogens is 1. The molecule has 7 nitrogen and oxygen atoms in total. The Morgan fingerprint density at radius 3 is 2.36 bits per heavy atom. The summed E-state index contributed by atoms with van der Waals surface area (Å²) in [5, 5.41) is 25.9. The molecule has 0 fully saturated rings. The molecule has 0 unspecified atom stereocenters. The first-order valence-electron chi connectivity index (χ1n) is 7.47. The number of benzene rings is 2. The lowest BCUT2D eigenvalue weighted by atomic mass is 10.0. The van der Waals surface area contributed by atoms with E-state index in [1.165, 1.54) is 4.80 Å². The Morgan fingerprint density at radius 2 is 1.80 bits per heavy atom. The van der Waals surface area contributed by atoms with Crippen LogP contribution >= 0.6 is 11.6 Å². The fourth-order valence-electron chi connectivity index (χ4n) is 2.60. The molecule has 0 spiro atoms. The van der Waals surface area contributed by atoms with Gasteiger partial charge in [-0.3, -0.25) is 0 Å². The van der Waals surface area contributed by atoms with Crippen LogP contribution in [0.1, 0.15) is 16.7 Å². The van der Waals surface area contributed by atoms with E-state index in [0.717, 1.165) is 22.4 Å². The first-order valence-corrected chi connectivity index (χ1v) is 7.85. The zero-order chi connectivity index (χ0) is 18.0. The van der Waals surface area contributed by atoms with Crippen molar-refractivity contribution < 1.29 is 9.94 Å². The number of hydrogen-bond donors (Lipinski definition) is 1. The van der Waals surface area contributed by atoms with Crippen molar-refractivity contribution in [3.8, 4) is 17.1 Å². The van der Waals surface area contributed by atoms with Gasteiger partial charge < -0.3 is 9.94 Å². The molecule has 1 aromatic heterocycles. The number of nitrogens with zero attached hydrogens (tertiary/aromatic N) is 5. The normalized spacial score (nSPS) is 11.6. The lowest BCUT2D eigenvalue weighted by Crippen LogP contribution is -2.19. The zero-order valence-electron chi connectivity index (χ0n) is 13.9. The summed E-state index contributed by atoms with van der Waals surface area (Å²) >= 11 is 5.89. The Labute approximate surface area is 149 Å². The van der Waals surface area contributed by atoms with Crippen LogP contribution in [0.25, 0.3) is 11.4 Å². The number of aryl methyl sites for hydroxylation is 2. The summed E-state index contributed by atoms with van der Waals surface area (Å²) in [7, 11) is 1.60. The van der Waals surface area contributed by atoms with Gasteiger partial charge in [0.1, 0.15) is 5.75 Å². The molecule has 0 aliphatic rings. The van der Waals surface area contributed by atoms with Gasteiger partial charge in [0.2, 0.25) is 11.7 Å². The van der Waals surface area contributed by atoms with Gasteiger partial charge in [0.05, 0.1) is 7.11 Å². The molecule has 3 rings (SSSR count). The van der Waals surface area contributed by atoms with Crippen LogP contribution in [0.15, 0.2) is 41.6 Å². The number of oxime groups is 1. The SMILES string of the molecule is COc1cc(C)c(/C(=N\O)n2nnc(-c3ccc(Cl)cc3)n2)c(C)c1.